The van der Waals surface area contributed by atoms with Crippen molar-refractivity contribution in [2.75, 3.05) is 0 Å². The molecule has 0 aliphatic rings. The number of hydrogen-bond acceptors (Lipinski definition) is 4. The molecule has 1 unspecified atom stereocenters. The normalized spacial score (nSPS) is 13.3. The highest BCUT2D eigenvalue weighted by Gasteiger charge is 2.42. The van der Waals surface area contributed by atoms with Crippen molar-refractivity contribution < 1.29 is 17.7 Å². The second-order valence-electron chi connectivity index (χ2n) is 3.58. The minimum atomic E-state index is -4.75. The molecule has 8 heteroatoms. The van der Waals surface area contributed by atoms with Crippen LogP contribution in [0.25, 0.3) is 11.3 Å². The molecule has 0 fully saturated rings. The van der Waals surface area contributed by atoms with Crippen LogP contribution in [0.15, 0.2) is 40.0 Å². The number of hydrogen-bond donors (Lipinski definition) is 0. The van der Waals surface area contributed by atoms with E-state index < -0.39 is 28.7 Å². The standard InChI is InChI=1S/C11H6ClF3N2O2/c12-10(16-18)8-7(11(13,14)15)9(19-17-8)6-4-2-1-3-5-6/h1-5,10H. The molecule has 2 rings (SSSR count). The van der Waals surface area contributed by atoms with Crippen LogP contribution in [-0.4, -0.2) is 5.16 Å². The van der Waals surface area contributed by atoms with Gasteiger partial charge in [-0.1, -0.05) is 47.1 Å². The van der Waals surface area contributed by atoms with Crippen LogP contribution >= 0.6 is 11.6 Å². The van der Waals surface area contributed by atoms with E-state index in [1.165, 1.54) is 12.1 Å². The second-order valence-corrected chi connectivity index (χ2v) is 3.99. The van der Waals surface area contributed by atoms with Crippen molar-refractivity contribution in [3.8, 4) is 11.3 Å². The van der Waals surface area contributed by atoms with Crippen LogP contribution in [0.3, 0.4) is 0 Å². The van der Waals surface area contributed by atoms with Crippen molar-refractivity contribution in [3.63, 3.8) is 0 Å². The molecule has 1 heterocycles. The maximum atomic E-state index is 13.0. The fraction of sp³-hybridized carbons (Fsp3) is 0.182. The number of benzene rings is 1. The summed E-state index contributed by atoms with van der Waals surface area (Å²) in [6.07, 6.45) is -4.75. The summed E-state index contributed by atoms with van der Waals surface area (Å²) in [5.74, 6) is -0.489. The van der Waals surface area contributed by atoms with E-state index in [0.717, 1.165) is 0 Å². The van der Waals surface area contributed by atoms with Gasteiger partial charge in [0.25, 0.3) is 0 Å². The van der Waals surface area contributed by atoms with Crippen molar-refractivity contribution in [2.24, 2.45) is 5.18 Å². The zero-order chi connectivity index (χ0) is 14.0. The minimum absolute atomic E-state index is 0.184. The Labute approximate surface area is 110 Å². The Balaban J connectivity index is 2.64. The van der Waals surface area contributed by atoms with Crippen LogP contribution in [0.4, 0.5) is 13.2 Å². The summed E-state index contributed by atoms with van der Waals surface area (Å²) in [6.45, 7) is 0. The zero-order valence-corrected chi connectivity index (χ0v) is 9.94. The molecule has 0 saturated carbocycles. The van der Waals surface area contributed by atoms with Gasteiger partial charge < -0.3 is 4.52 Å². The van der Waals surface area contributed by atoms with Crippen molar-refractivity contribution in [3.05, 3.63) is 46.5 Å². The third kappa shape index (κ3) is 2.60. The second kappa shape index (κ2) is 5.00. The molecule has 0 N–H and O–H groups in total. The lowest BCUT2D eigenvalue weighted by Crippen LogP contribution is -2.09. The molecule has 0 saturated heterocycles. The smallest absolute Gasteiger partial charge is 0.355 e. The van der Waals surface area contributed by atoms with Gasteiger partial charge in [-0.25, -0.2) is 0 Å². The van der Waals surface area contributed by atoms with Gasteiger partial charge in [-0.05, 0) is 5.18 Å². The molecule has 1 atom stereocenters. The number of halogens is 4. The molecule has 0 spiro atoms. The summed E-state index contributed by atoms with van der Waals surface area (Å²) in [6, 6.07) is 7.60. The van der Waals surface area contributed by atoms with E-state index in [4.69, 9.17) is 11.6 Å². The average Bonchev–Trinajstić information content (AvgIpc) is 2.83. The minimum Gasteiger partial charge on any atom is -0.355 e. The Morgan fingerprint density at radius 2 is 1.89 bits per heavy atom. The number of alkyl halides is 4. The Morgan fingerprint density at radius 3 is 2.42 bits per heavy atom. The van der Waals surface area contributed by atoms with Gasteiger partial charge in [-0.3, -0.25) is 0 Å². The van der Waals surface area contributed by atoms with Crippen molar-refractivity contribution in [1.82, 2.24) is 5.16 Å². The molecule has 0 radical (unpaired) electrons. The van der Waals surface area contributed by atoms with E-state index in [9.17, 15) is 18.1 Å². The molecule has 0 aliphatic heterocycles. The first-order valence-corrected chi connectivity index (χ1v) is 5.47. The van der Waals surface area contributed by atoms with Crippen molar-refractivity contribution >= 4 is 11.6 Å². The monoisotopic (exact) mass is 290 g/mol. The van der Waals surface area contributed by atoms with Gasteiger partial charge in [-0.15, -0.1) is 4.91 Å². The molecule has 0 bridgehead atoms. The van der Waals surface area contributed by atoms with Crippen LogP contribution in [0.5, 0.6) is 0 Å². The lowest BCUT2D eigenvalue weighted by Gasteiger charge is -2.08. The van der Waals surface area contributed by atoms with Crippen LogP contribution in [0, 0.1) is 4.91 Å². The molecule has 1 aromatic heterocycles. The fourth-order valence-corrected chi connectivity index (χ4v) is 1.72. The highest BCUT2D eigenvalue weighted by molar-refractivity contribution is 6.20. The SMILES string of the molecule is O=NC(Cl)c1noc(-c2ccccc2)c1C(F)(F)F. The van der Waals surface area contributed by atoms with Gasteiger partial charge in [-0.2, -0.15) is 13.2 Å². The Hall–Kier alpha value is -1.89. The predicted octanol–water partition coefficient (Wildman–Crippen LogP) is 4.36. The van der Waals surface area contributed by atoms with E-state index in [1.54, 1.807) is 18.2 Å². The van der Waals surface area contributed by atoms with Crippen molar-refractivity contribution in [1.29, 1.82) is 0 Å². The Kier molecular flexibility index (Phi) is 3.57. The fourth-order valence-electron chi connectivity index (χ4n) is 1.58. The highest BCUT2D eigenvalue weighted by Crippen LogP contribution is 2.42. The molecular formula is C11H6ClF3N2O2. The van der Waals surface area contributed by atoms with E-state index in [0.29, 0.717) is 0 Å². The molecule has 100 valence electrons. The molecule has 2 aromatic rings. The number of nitroso groups, excluding NO2 is 1. The quantitative estimate of drug-likeness (QED) is 0.479. The van der Waals surface area contributed by atoms with E-state index in [2.05, 4.69) is 14.9 Å². The van der Waals surface area contributed by atoms with Crippen molar-refractivity contribution in [2.45, 2.75) is 11.7 Å². The van der Waals surface area contributed by atoms with Crippen LogP contribution in [-0.2, 0) is 6.18 Å². The summed E-state index contributed by atoms with van der Waals surface area (Å²) in [4.78, 5) is 10.3. The average molecular weight is 291 g/mol. The first-order chi connectivity index (χ1) is 8.95. The lowest BCUT2D eigenvalue weighted by atomic mass is 10.1. The largest absolute Gasteiger partial charge is 0.422 e. The van der Waals surface area contributed by atoms with Crippen LogP contribution in [0.2, 0.25) is 0 Å². The molecule has 1 aromatic carbocycles. The van der Waals surface area contributed by atoms with Gasteiger partial charge in [0.05, 0.1) is 0 Å². The highest BCUT2D eigenvalue weighted by atomic mass is 35.5. The van der Waals surface area contributed by atoms with E-state index in [-0.39, 0.29) is 5.56 Å². The van der Waals surface area contributed by atoms with Gasteiger partial charge >= 0.3 is 6.18 Å². The predicted molar refractivity (Wildman–Crippen MR) is 61.3 cm³/mol. The molecular weight excluding hydrogens is 285 g/mol. The first kappa shape index (κ1) is 13.5. The maximum absolute atomic E-state index is 13.0. The van der Waals surface area contributed by atoms with E-state index in [1.807, 2.05) is 0 Å². The maximum Gasteiger partial charge on any atom is 0.422 e. The lowest BCUT2D eigenvalue weighted by molar-refractivity contribution is -0.137. The van der Waals surface area contributed by atoms with Gasteiger partial charge in [0, 0.05) is 5.56 Å². The molecule has 0 aliphatic carbocycles. The van der Waals surface area contributed by atoms with E-state index >= 15 is 0 Å². The van der Waals surface area contributed by atoms with Gasteiger partial charge in [0.2, 0.25) is 5.50 Å². The number of nitrogens with zero attached hydrogens (tertiary/aromatic N) is 2. The summed E-state index contributed by atoms with van der Waals surface area (Å²) in [5, 5.41) is 5.54. The summed E-state index contributed by atoms with van der Waals surface area (Å²) < 4.78 is 43.7. The Morgan fingerprint density at radius 1 is 1.26 bits per heavy atom. The van der Waals surface area contributed by atoms with Gasteiger partial charge in [0.15, 0.2) is 5.76 Å². The zero-order valence-electron chi connectivity index (χ0n) is 9.19. The number of aromatic nitrogens is 1. The van der Waals surface area contributed by atoms with Crippen LogP contribution < -0.4 is 0 Å². The van der Waals surface area contributed by atoms with Crippen LogP contribution in [0.1, 0.15) is 16.8 Å². The first-order valence-electron chi connectivity index (χ1n) is 5.04. The summed E-state index contributed by atoms with van der Waals surface area (Å²) >= 11 is 5.40. The summed E-state index contributed by atoms with van der Waals surface area (Å²) in [5.41, 5.74) is -3.48. The topological polar surface area (TPSA) is 55.5 Å². The third-order valence-corrected chi connectivity index (χ3v) is 2.64. The Bertz CT molecular complexity index is 583. The molecule has 4 nitrogen and oxygen atoms in total. The summed E-state index contributed by atoms with van der Waals surface area (Å²) in [7, 11) is 0. The van der Waals surface area contributed by atoms with Gasteiger partial charge in [0.1, 0.15) is 11.3 Å². The number of rotatable bonds is 3. The molecule has 0 amide bonds. The third-order valence-electron chi connectivity index (χ3n) is 2.36. The molecule has 19 heavy (non-hydrogen) atoms.